The third kappa shape index (κ3) is 5.78. The van der Waals surface area contributed by atoms with Gasteiger partial charge in [0.25, 0.3) is 5.09 Å². The largest absolute Gasteiger partial charge is 0.466 e. The van der Waals surface area contributed by atoms with Crippen molar-refractivity contribution < 1.29 is 38.5 Å². The van der Waals surface area contributed by atoms with Gasteiger partial charge in [-0.1, -0.05) is 0 Å². The van der Waals surface area contributed by atoms with Crippen LogP contribution in [-0.4, -0.2) is 54.3 Å². The Labute approximate surface area is 138 Å². The average Bonchev–Trinajstić information content (AvgIpc) is 2.77. The van der Waals surface area contributed by atoms with Gasteiger partial charge in [-0.25, -0.2) is 9.59 Å². The van der Waals surface area contributed by atoms with Gasteiger partial charge in [-0.05, 0) is 27.7 Å². The van der Waals surface area contributed by atoms with Crippen molar-refractivity contribution in [2.45, 2.75) is 51.3 Å². The van der Waals surface area contributed by atoms with Crippen molar-refractivity contribution in [3.63, 3.8) is 0 Å². The predicted molar refractivity (Wildman–Crippen MR) is 78.1 cm³/mol. The number of carbonyl (C=O) groups excluding carboxylic acids is 2. The minimum atomic E-state index is -1.32. The lowest BCUT2D eigenvalue weighted by Crippen LogP contribution is -2.48. The molecule has 0 amide bonds. The number of rotatable bonds is 7. The molecule has 0 radical (unpaired) electrons. The minimum Gasteiger partial charge on any atom is -0.466 e. The molecule has 1 rings (SSSR count). The van der Waals surface area contributed by atoms with E-state index in [1.54, 1.807) is 13.8 Å². The highest BCUT2D eigenvalue weighted by Gasteiger charge is 2.51. The summed E-state index contributed by atoms with van der Waals surface area (Å²) >= 11 is 0. The Kier molecular flexibility index (Phi) is 6.27. The maximum absolute atomic E-state index is 11.6. The molecule has 2 atom stereocenters. The van der Waals surface area contributed by atoms with Crippen molar-refractivity contribution in [3.8, 4) is 0 Å². The zero-order valence-corrected chi connectivity index (χ0v) is 14.1. The maximum Gasteiger partial charge on any atom is 0.331 e. The van der Waals surface area contributed by atoms with Gasteiger partial charge in [0.15, 0.2) is 5.79 Å². The normalized spacial score (nSPS) is 23.0. The molecule has 1 fully saturated rings. The first kappa shape index (κ1) is 19.8. The van der Waals surface area contributed by atoms with Crippen molar-refractivity contribution >= 4 is 11.9 Å². The Balaban J connectivity index is 2.73. The van der Waals surface area contributed by atoms with Crippen molar-refractivity contribution in [1.82, 2.24) is 0 Å². The number of nitrogens with zero attached hydrogens (tertiary/aromatic N) is 1. The number of hydrogen-bond donors (Lipinski definition) is 0. The molecule has 136 valence electrons. The Morgan fingerprint density at radius 2 is 1.83 bits per heavy atom. The molecule has 0 aromatic heterocycles. The molecule has 0 bridgehead atoms. The van der Waals surface area contributed by atoms with E-state index in [9.17, 15) is 19.7 Å². The molecule has 0 N–H and O–H groups in total. The van der Waals surface area contributed by atoms with Gasteiger partial charge in [-0.15, -0.1) is 10.1 Å². The zero-order valence-electron chi connectivity index (χ0n) is 14.1. The zero-order chi connectivity index (χ0) is 18.5. The standard InChI is InChI=1S/C14H21NO9/c1-13(2,24-15(18)19)12-9(22-14(3,4)23-12)8-21-11(17)7-6-10(16)20-5/h6-7,9,12H,8H2,1-5H3/b7-6+/t9-,12+/m0/s1. The van der Waals surface area contributed by atoms with Crippen LogP contribution in [0, 0.1) is 10.1 Å². The van der Waals surface area contributed by atoms with Crippen molar-refractivity contribution in [2.24, 2.45) is 0 Å². The quantitative estimate of drug-likeness (QED) is 0.284. The number of carbonyl (C=O) groups is 2. The van der Waals surface area contributed by atoms with Gasteiger partial charge >= 0.3 is 11.9 Å². The summed E-state index contributed by atoms with van der Waals surface area (Å²) in [5, 5.41) is 9.71. The Morgan fingerprint density at radius 3 is 2.38 bits per heavy atom. The van der Waals surface area contributed by atoms with Crippen LogP contribution in [0.1, 0.15) is 27.7 Å². The molecular formula is C14H21NO9. The lowest BCUT2D eigenvalue weighted by molar-refractivity contribution is -0.781. The highest BCUT2D eigenvalue weighted by Crippen LogP contribution is 2.35. The molecule has 0 aliphatic carbocycles. The van der Waals surface area contributed by atoms with Crippen LogP contribution in [0.3, 0.4) is 0 Å². The minimum absolute atomic E-state index is 0.233. The van der Waals surface area contributed by atoms with Gasteiger partial charge < -0.3 is 23.8 Å². The maximum atomic E-state index is 11.6. The van der Waals surface area contributed by atoms with E-state index in [1.807, 2.05) is 0 Å². The SMILES string of the molecule is COC(=O)/C=C/C(=O)OC[C@@H]1OC(C)(C)O[C@H]1C(C)(C)O[N+](=O)[O-]. The lowest BCUT2D eigenvalue weighted by atomic mass is 9.97. The van der Waals surface area contributed by atoms with Crippen LogP contribution in [0.25, 0.3) is 0 Å². The molecule has 1 aliphatic heterocycles. The smallest absolute Gasteiger partial charge is 0.331 e. The van der Waals surface area contributed by atoms with Gasteiger partial charge in [0.2, 0.25) is 0 Å². The van der Waals surface area contributed by atoms with Crippen LogP contribution in [0.5, 0.6) is 0 Å². The summed E-state index contributed by atoms with van der Waals surface area (Å²) in [5.41, 5.74) is -1.32. The lowest BCUT2D eigenvalue weighted by Gasteiger charge is -2.31. The third-order valence-corrected chi connectivity index (χ3v) is 3.13. The molecule has 0 aromatic rings. The first-order valence-electron chi connectivity index (χ1n) is 7.09. The summed E-state index contributed by atoms with van der Waals surface area (Å²) in [7, 11) is 1.17. The van der Waals surface area contributed by atoms with Crippen molar-refractivity contribution in [2.75, 3.05) is 13.7 Å². The van der Waals surface area contributed by atoms with E-state index in [4.69, 9.17) is 14.2 Å². The Bertz CT molecular complexity index is 526. The van der Waals surface area contributed by atoms with Crippen LogP contribution in [0.2, 0.25) is 0 Å². The number of esters is 2. The molecule has 10 heteroatoms. The molecule has 0 unspecified atom stereocenters. The molecule has 1 saturated heterocycles. The van der Waals surface area contributed by atoms with Gasteiger partial charge in [0.1, 0.15) is 24.4 Å². The molecule has 0 spiro atoms. The average molecular weight is 347 g/mol. The van der Waals surface area contributed by atoms with Gasteiger partial charge in [-0.3, -0.25) is 0 Å². The Morgan fingerprint density at radius 1 is 1.25 bits per heavy atom. The second kappa shape index (κ2) is 7.58. The summed E-state index contributed by atoms with van der Waals surface area (Å²) in [6.45, 7) is 5.96. The second-order valence-corrected chi connectivity index (χ2v) is 6.00. The first-order chi connectivity index (χ1) is 11.0. The van der Waals surface area contributed by atoms with E-state index in [1.165, 1.54) is 21.0 Å². The van der Waals surface area contributed by atoms with Gasteiger partial charge in [0, 0.05) is 12.2 Å². The molecule has 1 aliphatic rings. The fourth-order valence-corrected chi connectivity index (χ4v) is 2.21. The van der Waals surface area contributed by atoms with Crippen LogP contribution < -0.4 is 0 Å². The van der Waals surface area contributed by atoms with E-state index < -0.39 is 40.6 Å². The van der Waals surface area contributed by atoms with E-state index in [0.717, 1.165) is 12.2 Å². The number of methoxy groups -OCH3 is 1. The fraction of sp³-hybridized carbons (Fsp3) is 0.714. The van der Waals surface area contributed by atoms with Crippen LogP contribution in [0.15, 0.2) is 12.2 Å². The second-order valence-electron chi connectivity index (χ2n) is 6.00. The number of ether oxygens (including phenoxy) is 4. The van der Waals surface area contributed by atoms with Crippen LogP contribution in [0.4, 0.5) is 0 Å². The summed E-state index contributed by atoms with van der Waals surface area (Å²) < 4.78 is 20.6. The topological polar surface area (TPSA) is 123 Å². The number of hydrogen-bond acceptors (Lipinski definition) is 9. The first-order valence-corrected chi connectivity index (χ1v) is 7.09. The van der Waals surface area contributed by atoms with Gasteiger partial charge in [-0.2, -0.15) is 0 Å². The van der Waals surface area contributed by atoms with Crippen molar-refractivity contribution in [3.05, 3.63) is 22.3 Å². The van der Waals surface area contributed by atoms with E-state index in [2.05, 4.69) is 9.57 Å². The Hall–Kier alpha value is -2.20. The molecule has 24 heavy (non-hydrogen) atoms. The summed E-state index contributed by atoms with van der Waals surface area (Å²) in [6, 6.07) is 0. The summed E-state index contributed by atoms with van der Waals surface area (Å²) in [4.78, 5) is 37.7. The summed E-state index contributed by atoms with van der Waals surface area (Å²) in [6.07, 6.45) is 0.177. The highest BCUT2D eigenvalue weighted by molar-refractivity contribution is 5.91. The summed E-state index contributed by atoms with van der Waals surface area (Å²) in [5.74, 6) is -2.52. The molecule has 1 heterocycles. The fourth-order valence-electron chi connectivity index (χ4n) is 2.21. The van der Waals surface area contributed by atoms with E-state index in [-0.39, 0.29) is 6.61 Å². The van der Waals surface area contributed by atoms with Gasteiger partial charge in [0.05, 0.1) is 7.11 Å². The van der Waals surface area contributed by atoms with Crippen molar-refractivity contribution in [1.29, 1.82) is 0 Å². The highest BCUT2D eigenvalue weighted by atomic mass is 17.0. The molecule has 0 saturated carbocycles. The predicted octanol–water partition coefficient (Wildman–Crippen LogP) is 0.766. The van der Waals surface area contributed by atoms with Crippen LogP contribution in [-0.2, 0) is 33.4 Å². The third-order valence-electron chi connectivity index (χ3n) is 3.13. The van der Waals surface area contributed by atoms with E-state index in [0.29, 0.717) is 0 Å². The monoisotopic (exact) mass is 347 g/mol. The molecule has 0 aromatic carbocycles. The van der Waals surface area contributed by atoms with Crippen LogP contribution >= 0.6 is 0 Å². The molecular weight excluding hydrogens is 326 g/mol. The van der Waals surface area contributed by atoms with E-state index >= 15 is 0 Å². The molecule has 10 nitrogen and oxygen atoms in total.